The molecule has 0 saturated heterocycles. The summed E-state index contributed by atoms with van der Waals surface area (Å²) >= 11 is 15.5. The number of nitrogens with zero attached hydrogens (tertiary/aromatic N) is 2. The highest BCUT2D eigenvalue weighted by atomic mass is 79.9. The summed E-state index contributed by atoms with van der Waals surface area (Å²) in [5.74, 6) is 0.511. The molecule has 0 atom stereocenters. The molecule has 3 aromatic rings. The van der Waals surface area contributed by atoms with Crippen LogP contribution < -0.4 is 5.73 Å². The van der Waals surface area contributed by atoms with Crippen LogP contribution in [0.4, 0.5) is 5.82 Å². The van der Waals surface area contributed by atoms with E-state index in [0.29, 0.717) is 21.6 Å². The van der Waals surface area contributed by atoms with Gasteiger partial charge in [-0.15, -0.1) is 0 Å². The molecule has 2 aromatic carbocycles. The average molecular weight is 383 g/mol. The van der Waals surface area contributed by atoms with E-state index in [-0.39, 0.29) is 0 Å². The smallest absolute Gasteiger partial charge is 0.127 e. The van der Waals surface area contributed by atoms with Crippen LogP contribution in [0.25, 0.3) is 16.9 Å². The minimum atomic E-state index is 0.500. The number of benzene rings is 2. The monoisotopic (exact) mass is 381 g/mol. The number of anilines is 1. The summed E-state index contributed by atoms with van der Waals surface area (Å²) in [6.45, 7) is 0. The van der Waals surface area contributed by atoms with Gasteiger partial charge in [0.25, 0.3) is 0 Å². The molecule has 0 amide bonds. The van der Waals surface area contributed by atoms with Crippen LogP contribution in [-0.2, 0) is 0 Å². The molecule has 0 spiro atoms. The van der Waals surface area contributed by atoms with Gasteiger partial charge in [0.15, 0.2) is 0 Å². The van der Waals surface area contributed by atoms with Crippen molar-refractivity contribution in [3.05, 3.63) is 63.0 Å². The standard InChI is InChI=1S/C15H10BrCl2N3/c16-10-3-1-9(2-4-10)13-8-15(19)21(20-13)14-6-5-11(17)7-12(14)18/h1-8H,19H2. The highest BCUT2D eigenvalue weighted by molar-refractivity contribution is 9.10. The third-order valence-corrected chi connectivity index (χ3v) is 4.08. The molecule has 1 aromatic heterocycles. The quantitative estimate of drug-likeness (QED) is 0.662. The van der Waals surface area contributed by atoms with E-state index in [2.05, 4.69) is 21.0 Å². The van der Waals surface area contributed by atoms with Crippen molar-refractivity contribution >= 4 is 44.9 Å². The van der Waals surface area contributed by atoms with Gasteiger partial charge in [-0.2, -0.15) is 5.10 Å². The Morgan fingerprint density at radius 3 is 2.38 bits per heavy atom. The Morgan fingerprint density at radius 2 is 1.71 bits per heavy atom. The molecule has 6 heteroatoms. The van der Waals surface area contributed by atoms with E-state index < -0.39 is 0 Å². The molecule has 0 unspecified atom stereocenters. The lowest BCUT2D eigenvalue weighted by molar-refractivity contribution is 0.895. The van der Waals surface area contributed by atoms with Gasteiger partial charge in [-0.25, -0.2) is 4.68 Å². The first kappa shape index (κ1) is 14.4. The second kappa shape index (κ2) is 5.72. The number of hydrogen-bond acceptors (Lipinski definition) is 2. The van der Waals surface area contributed by atoms with Crippen LogP contribution in [0, 0.1) is 0 Å². The molecule has 21 heavy (non-hydrogen) atoms. The third kappa shape index (κ3) is 2.93. The zero-order chi connectivity index (χ0) is 15.0. The number of halogens is 3. The van der Waals surface area contributed by atoms with Crippen LogP contribution in [0.2, 0.25) is 10.0 Å². The van der Waals surface area contributed by atoms with E-state index in [1.54, 1.807) is 22.9 Å². The van der Waals surface area contributed by atoms with E-state index in [1.165, 1.54) is 0 Å². The number of hydrogen-bond donors (Lipinski definition) is 1. The van der Waals surface area contributed by atoms with Crippen molar-refractivity contribution in [2.45, 2.75) is 0 Å². The lowest BCUT2D eigenvalue weighted by Crippen LogP contribution is -2.02. The van der Waals surface area contributed by atoms with Crippen molar-refractivity contribution in [1.29, 1.82) is 0 Å². The Balaban J connectivity index is 2.07. The third-order valence-electron chi connectivity index (χ3n) is 3.01. The molecule has 0 fully saturated rings. The first-order chi connectivity index (χ1) is 10.0. The Labute approximate surface area is 140 Å². The largest absolute Gasteiger partial charge is 0.384 e. The number of nitrogens with two attached hydrogens (primary N) is 1. The average Bonchev–Trinajstić information content (AvgIpc) is 2.81. The molecule has 1 heterocycles. The van der Waals surface area contributed by atoms with Crippen molar-refractivity contribution in [3.63, 3.8) is 0 Å². The molecule has 0 aliphatic heterocycles. The predicted octanol–water partition coefficient (Wildman–Crippen LogP) is 5.19. The van der Waals surface area contributed by atoms with Crippen molar-refractivity contribution in [1.82, 2.24) is 9.78 Å². The van der Waals surface area contributed by atoms with Gasteiger partial charge >= 0.3 is 0 Å². The summed E-state index contributed by atoms with van der Waals surface area (Å²) in [4.78, 5) is 0. The van der Waals surface area contributed by atoms with E-state index in [4.69, 9.17) is 28.9 Å². The minimum absolute atomic E-state index is 0.500. The highest BCUT2D eigenvalue weighted by Crippen LogP contribution is 2.29. The van der Waals surface area contributed by atoms with Crippen molar-refractivity contribution in [3.8, 4) is 16.9 Å². The number of rotatable bonds is 2. The van der Waals surface area contributed by atoms with Crippen LogP contribution in [0.5, 0.6) is 0 Å². The van der Waals surface area contributed by atoms with Gasteiger partial charge in [0, 0.05) is 21.1 Å². The normalized spacial score (nSPS) is 10.8. The maximum atomic E-state index is 6.21. The van der Waals surface area contributed by atoms with Crippen molar-refractivity contribution in [2.75, 3.05) is 5.73 Å². The lowest BCUT2D eigenvalue weighted by atomic mass is 10.2. The lowest BCUT2D eigenvalue weighted by Gasteiger charge is -2.06. The number of aromatic nitrogens is 2. The predicted molar refractivity (Wildman–Crippen MR) is 91.1 cm³/mol. The first-order valence-corrected chi connectivity index (χ1v) is 7.66. The van der Waals surface area contributed by atoms with Crippen LogP contribution in [0.15, 0.2) is 53.0 Å². The molecule has 0 aliphatic rings. The van der Waals surface area contributed by atoms with Gasteiger partial charge in [0.1, 0.15) is 5.82 Å². The number of nitrogen functional groups attached to an aromatic ring is 1. The maximum Gasteiger partial charge on any atom is 0.127 e. The topological polar surface area (TPSA) is 43.8 Å². The van der Waals surface area contributed by atoms with Crippen LogP contribution in [0.1, 0.15) is 0 Å². The fraction of sp³-hybridized carbons (Fsp3) is 0. The summed E-state index contributed by atoms with van der Waals surface area (Å²) in [6.07, 6.45) is 0. The van der Waals surface area contributed by atoms with Crippen LogP contribution in [-0.4, -0.2) is 9.78 Å². The molecule has 0 saturated carbocycles. The molecule has 0 radical (unpaired) electrons. The summed E-state index contributed by atoms with van der Waals surface area (Å²) < 4.78 is 2.62. The molecule has 3 nitrogen and oxygen atoms in total. The van der Waals surface area contributed by atoms with Crippen LogP contribution >= 0.6 is 39.1 Å². The summed E-state index contributed by atoms with van der Waals surface area (Å²) in [6, 6.07) is 14.9. The Hall–Kier alpha value is -1.49. The molecular weight excluding hydrogens is 373 g/mol. The van der Waals surface area contributed by atoms with E-state index in [0.717, 1.165) is 15.7 Å². The Bertz CT molecular complexity index is 797. The summed E-state index contributed by atoms with van der Waals surface area (Å²) in [5, 5.41) is 5.59. The second-order valence-corrected chi connectivity index (χ2v) is 6.23. The van der Waals surface area contributed by atoms with Gasteiger partial charge in [-0.05, 0) is 30.3 Å². The molecule has 0 aliphatic carbocycles. The maximum absolute atomic E-state index is 6.21. The fourth-order valence-electron chi connectivity index (χ4n) is 2.00. The van der Waals surface area contributed by atoms with E-state index in [1.807, 2.05) is 30.3 Å². The summed E-state index contributed by atoms with van der Waals surface area (Å²) in [7, 11) is 0. The van der Waals surface area contributed by atoms with Gasteiger partial charge in [-0.1, -0.05) is 51.3 Å². The Morgan fingerprint density at radius 1 is 1.00 bits per heavy atom. The second-order valence-electron chi connectivity index (χ2n) is 4.47. The zero-order valence-electron chi connectivity index (χ0n) is 10.7. The highest BCUT2D eigenvalue weighted by Gasteiger charge is 2.11. The molecule has 106 valence electrons. The fourth-order valence-corrected chi connectivity index (χ4v) is 2.76. The van der Waals surface area contributed by atoms with Gasteiger partial charge < -0.3 is 5.73 Å². The van der Waals surface area contributed by atoms with Gasteiger partial charge in [0.2, 0.25) is 0 Å². The Kier molecular flexibility index (Phi) is 3.93. The molecule has 3 rings (SSSR count). The minimum Gasteiger partial charge on any atom is -0.384 e. The van der Waals surface area contributed by atoms with Crippen molar-refractivity contribution < 1.29 is 0 Å². The SMILES string of the molecule is Nc1cc(-c2ccc(Br)cc2)nn1-c1ccc(Cl)cc1Cl. The molecule has 2 N–H and O–H groups in total. The van der Waals surface area contributed by atoms with Crippen molar-refractivity contribution in [2.24, 2.45) is 0 Å². The first-order valence-electron chi connectivity index (χ1n) is 6.11. The van der Waals surface area contributed by atoms with Gasteiger partial charge in [-0.3, -0.25) is 0 Å². The van der Waals surface area contributed by atoms with Crippen LogP contribution in [0.3, 0.4) is 0 Å². The zero-order valence-corrected chi connectivity index (χ0v) is 13.8. The molecular formula is C15H10BrCl2N3. The van der Waals surface area contributed by atoms with E-state index in [9.17, 15) is 0 Å². The van der Waals surface area contributed by atoms with Gasteiger partial charge in [0.05, 0.1) is 16.4 Å². The van der Waals surface area contributed by atoms with E-state index >= 15 is 0 Å². The molecule has 0 bridgehead atoms. The summed E-state index contributed by atoms with van der Waals surface area (Å²) in [5.41, 5.74) is 8.51.